The third kappa shape index (κ3) is 1.11. The molecule has 0 atom stereocenters. The van der Waals surface area contributed by atoms with Crippen molar-refractivity contribution in [3.63, 3.8) is 0 Å². The molecule has 0 fully saturated rings. The van der Waals surface area contributed by atoms with Crippen molar-refractivity contribution in [2.45, 2.75) is 0 Å². The number of hydrogen-bond acceptors (Lipinski definition) is 3. The Morgan fingerprint density at radius 3 is 2.80 bits per heavy atom. The second-order valence-corrected chi connectivity index (χ2v) is 2.49. The van der Waals surface area contributed by atoms with Gasteiger partial charge in [0.25, 0.3) is 0 Å². The van der Waals surface area contributed by atoms with Gasteiger partial charge in [0, 0.05) is 0 Å². The number of carbonyl (C=O) groups is 1. The summed E-state index contributed by atoms with van der Waals surface area (Å²) in [5.74, 6) is -0.564. The molecule has 1 heterocycles. The highest BCUT2D eigenvalue weighted by Gasteiger charge is 2.12. The van der Waals surface area contributed by atoms with Gasteiger partial charge >= 0.3 is 5.97 Å². The lowest BCUT2D eigenvalue weighted by molar-refractivity contribution is 0.0597. The molecule has 0 aromatic carbocycles. The smallest absolute Gasteiger partial charge is 0.342 e. The summed E-state index contributed by atoms with van der Waals surface area (Å²) >= 11 is 0.992. The first-order chi connectivity index (χ1) is 4.75. The van der Waals surface area contributed by atoms with Gasteiger partial charge in [-0.05, 0) is 11.4 Å². The van der Waals surface area contributed by atoms with Gasteiger partial charge in [-0.1, -0.05) is 0 Å². The molecule has 1 aromatic rings. The molecule has 0 spiro atoms. The number of hydrogen-bond donors (Lipinski definition) is 0. The molecule has 0 bridgehead atoms. The van der Waals surface area contributed by atoms with Gasteiger partial charge in [0.15, 0.2) is 0 Å². The zero-order chi connectivity index (χ0) is 7.56. The Morgan fingerprint density at radius 1 is 1.70 bits per heavy atom. The maximum absolute atomic E-state index is 10.7. The molecule has 4 heteroatoms. The van der Waals surface area contributed by atoms with Crippen molar-refractivity contribution < 1.29 is 14.6 Å². The molecule has 0 aliphatic heterocycles. The monoisotopic (exact) mass is 157 g/mol. The first-order valence-corrected chi connectivity index (χ1v) is 3.46. The molecule has 0 aliphatic rings. The van der Waals surface area contributed by atoms with Crippen molar-refractivity contribution in [3.8, 4) is 5.06 Å². The minimum absolute atomic E-state index is 0.118. The van der Waals surface area contributed by atoms with E-state index in [2.05, 4.69) is 4.74 Å². The molecule has 1 rings (SSSR count). The Hall–Kier alpha value is -1.03. The van der Waals surface area contributed by atoms with Crippen LogP contribution in [0.15, 0.2) is 11.4 Å². The zero-order valence-corrected chi connectivity index (χ0v) is 6.10. The van der Waals surface area contributed by atoms with E-state index in [0.717, 1.165) is 11.3 Å². The predicted molar refractivity (Wildman–Crippen MR) is 35.8 cm³/mol. The third-order valence-electron chi connectivity index (χ3n) is 1.04. The Labute approximate surface area is 61.9 Å². The van der Waals surface area contributed by atoms with E-state index < -0.39 is 5.97 Å². The molecule has 10 heavy (non-hydrogen) atoms. The van der Waals surface area contributed by atoms with Crippen LogP contribution in [0, 0.1) is 0 Å². The maximum atomic E-state index is 10.7. The number of thiophene rings is 1. The van der Waals surface area contributed by atoms with Gasteiger partial charge < -0.3 is 4.74 Å². The third-order valence-corrected chi connectivity index (χ3v) is 1.74. The van der Waals surface area contributed by atoms with E-state index in [4.69, 9.17) is 0 Å². The van der Waals surface area contributed by atoms with E-state index in [1.807, 2.05) is 0 Å². The summed E-state index contributed by atoms with van der Waals surface area (Å²) in [4.78, 5) is 10.7. The van der Waals surface area contributed by atoms with Crippen LogP contribution >= 0.6 is 11.3 Å². The highest BCUT2D eigenvalue weighted by Crippen LogP contribution is 2.24. The van der Waals surface area contributed by atoms with Crippen LogP contribution in [-0.2, 0) is 9.84 Å². The summed E-state index contributed by atoms with van der Waals surface area (Å²) in [7, 11) is 1.25. The van der Waals surface area contributed by atoms with Crippen molar-refractivity contribution in [2.24, 2.45) is 0 Å². The number of ether oxygens (including phenoxy) is 1. The van der Waals surface area contributed by atoms with E-state index in [1.165, 1.54) is 13.2 Å². The fourth-order valence-corrected chi connectivity index (χ4v) is 1.16. The topological polar surface area (TPSA) is 46.2 Å². The highest BCUT2D eigenvalue weighted by molar-refractivity contribution is 7.12. The van der Waals surface area contributed by atoms with Gasteiger partial charge in [0.05, 0.1) is 7.11 Å². The summed E-state index contributed by atoms with van der Waals surface area (Å²) in [5, 5.41) is 12.1. The second-order valence-electron chi connectivity index (χ2n) is 1.61. The first-order valence-electron chi connectivity index (χ1n) is 2.58. The van der Waals surface area contributed by atoms with Crippen molar-refractivity contribution in [1.29, 1.82) is 0 Å². The Morgan fingerprint density at radius 2 is 2.40 bits per heavy atom. The van der Waals surface area contributed by atoms with Crippen LogP contribution in [0.25, 0.3) is 0 Å². The Balaban J connectivity index is 2.93. The second kappa shape index (κ2) is 2.70. The molecule has 0 N–H and O–H groups in total. The van der Waals surface area contributed by atoms with Crippen LogP contribution < -0.4 is 0 Å². The van der Waals surface area contributed by atoms with Crippen LogP contribution in [0.3, 0.4) is 0 Å². The number of carbonyl (C=O) groups excluding carboxylic acids is 1. The Bertz CT molecular complexity index is 241. The minimum Gasteiger partial charge on any atom is -0.465 e. The van der Waals surface area contributed by atoms with Gasteiger partial charge in [-0.25, -0.2) is 4.79 Å². The Kier molecular flexibility index (Phi) is 1.91. The van der Waals surface area contributed by atoms with Crippen LogP contribution in [0.2, 0.25) is 0 Å². The largest absolute Gasteiger partial charge is 0.465 e. The molecule has 3 nitrogen and oxygen atoms in total. The number of rotatable bonds is 1. The van der Waals surface area contributed by atoms with Crippen molar-refractivity contribution >= 4 is 17.3 Å². The van der Waals surface area contributed by atoms with E-state index in [0.29, 0.717) is 0 Å². The van der Waals surface area contributed by atoms with Gasteiger partial charge in [0.1, 0.15) is 5.56 Å². The van der Waals surface area contributed by atoms with Crippen LogP contribution in [0.4, 0.5) is 0 Å². The minimum atomic E-state index is -0.564. The summed E-state index contributed by atoms with van der Waals surface area (Å²) in [6.07, 6.45) is 0. The van der Waals surface area contributed by atoms with Crippen LogP contribution in [-0.4, -0.2) is 13.1 Å². The zero-order valence-electron chi connectivity index (χ0n) is 5.29. The molecule has 0 amide bonds. The van der Waals surface area contributed by atoms with Gasteiger partial charge in [-0.3, -0.25) is 5.11 Å². The first kappa shape index (κ1) is 7.08. The molecule has 53 valence electrons. The quantitative estimate of drug-likeness (QED) is 0.582. The molecular formula is C6H5O3S. The standard InChI is InChI=1S/C6H5O3S/c1-9-5(7)4-2-3-10-6(4)8/h2-3H,1H3. The average molecular weight is 157 g/mol. The molecule has 0 aliphatic carbocycles. The molecule has 1 radical (unpaired) electrons. The van der Waals surface area contributed by atoms with Crippen molar-refractivity contribution in [1.82, 2.24) is 0 Å². The fourth-order valence-electron chi connectivity index (χ4n) is 0.557. The van der Waals surface area contributed by atoms with E-state index in [1.54, 1.807) is 5.38 Å². The lowest BCUT2D eigenvalue weighted by Gasteiger charge is -1.91. The highest BCUT2D eigenvalue weighted by atomic mass is 32.1. The fraction of sp³-hybridized carbons (Fsp3) is 0.167. The van der Waals surface area contributed by atoms with Crippen LogP contribution in [0.1, 0.15) is 10.4 Å². The van der Waals surface area contributed by atoms with Gasteiger partial charge in [-0.2, -0.15) is 0 Å². The SMILES string of the molecule is COC(=O)c1ccsc1[O]. The van der Waals surface area contributed by atoms with Crippen molar-refractivity contribution in [2.75, 3.05) is 7.11 Å². The van der Waals surface area contributed by atoms with E-state index in [9.17, 15) is 9.90 Å². The number of esters is 1. The number of methoxy groups -OCH3 is 1. The lowest BCUT2D eigenvalue weighted by Crippen LogP contribution is -1.98. The molecular weight excluding hydrogens is 152 g/mol. The summed E-state index contributed by atoms with van der Waals surface area (Å²) < 4.78 is 4.34. The summed E-state index contributed by atoms with van der Waals surface area (Å²) in [5.41, 5.74) is 0.118. The van der Waals surface area contributed by atoms with E-state index in [-0.39, 0.29) is 10.6 Å². The maximum Gasteiger partial charge on any atom is 0.342 e. The van der Waals surface area contributed by atoms with Crippen molar-refractivity contribution in [3.05, 3.63) is 17.0 Å². The molecule has 0 saturated heterocycles. The summed E-state index contributed by atoms with van der Waals surface area (Å²) in [6.45, 7) is 0. The van der Waals surface area contributed by atoms with E-state index >= 15 is 0 Å². The van der Waals surface area contributed by atoms with Gasteiger partial charge in [0.2, 0.25) is 5.06 Å². The molecule has 0 saturated carbocycles. The predicted octanol–water partition coefficient (Wildman–Crippen LogP) is 1.68. The lowest BCUT2D eigenvalue weighted by atomic mass is 10.3. The molecule has 1 aromatic heterocycles. The molecule has 0 unspecified atom stereocenters. The van der Waals surface area contributed by atoms with Gasteiger partial charge in [-0.15, -0.1) is 11.3 Å². The average Bonchev–Trinajstić information content (AvgIpc) is 2.34. The summed E-state index contributed by atoms with van der Waals surface area (Å²) in [6, 6.07) is 1.46. The normalized spacial score (nSPS) is 9.30. The van der Waals surface area contributed by atoms with Crippen LogP contribution in [0.5, 0.6) is 5.06 Å².